The standard InChI is InChI=1S/C14H11FN2O3/c15-11-8-16-4-3-10(11)14(18)17-9-1-2-12-13(7-9)20-6-5-19-12/h1-4,7-8H,5-6H2,(H,17,18). The summed E-state index contributed by atoms with van der Waals surface area (Å²) in [5.41, 5.74) is 0.449. The van der Waals surface area contributed by atoms with Crippen LogP contribution < -0.4 is 14.8 Å². The molecule has 3 rings (SSSR count). The highest BCUT2D eigenvalue weighted by molar-refractivity contribution is 6.04. The van der Waals surface area contributed by atoms with Gasteiger partial charge in [0.1, 0.15) is 13.2 Å². The highest BCUT2D eigenvalue weighted by Gasteiger charge is 2.15. The molecule has 0 saturated carbocycles. The molecule has 1 aliphatic rings. The maximum Gasteiger partial charge on any atom is 0.258 e. The summed E-state index contributed by atoms with van der Waals surface area (Å²) in [7, 11) is 0. The minimum absolute atomic E-state index is 0.0603. The number of hydrogen-bond acceptors (Lipinski definition) is 4. The van der Waals surface area contributed by atoms with E-state index in [1.54, 1.807) is 18.2 Å². The van der Waals surface area contributed by atoms with Crippen molar-refractivity contribution in [3.8, 4) is 11.5 Å². The maximum absolute atomic E-state index is 13.4. The second kappa shape index (κ2) is 5.16. The summed E-state index contributed by atoms with van der Waals surface area (Å²) in [6.45, 7) is 0.963. The number of carbonyl (C=O) groups is 1. The van der Waals surface area contributed by atoms with E-state index < -0.39 is 11.7 Å². The quantitative estimate of drug-likeness (QED) is 0.912. The predicted molar refractivity (Wildman–Crippen MR) is 69.6 cm³/mol. The lowest BCUT2D eigenvalue weighted by molar-refractivity contribution is 0.102. The predicted octanol–water partition coefficient (Wildman–Crippen LogP) is 2.24. The Kier molecular flexibility index (Phi) is 3.20. The first-order valence-electron chi connectivity index (χ1n) is 6.04. The smallest absolute Gasteiger partial charge is 0.258 e. The first-order valence-corrected chi connectivity index (χ1v) is 6.04. The van der Waals surface area contributed by atoms with E-state index in [1.807, 2.05) is 0 Å². The molecule has 1 aromatic heterocycles. The summed E-state index contributed by atoms with van der Waals surface area (Å²) < 4.78 is 24.2. The van der Waals surface area contributed by atoms with Gasteiger partial charge >= 0.3 is 0 Å². The Morgan fingerprint density at radius 3 is 2.80 bits per heavy atom. The number of aromatic nitrogens is 1. The number of hydrogen-bond donors (Lipinski definition) is 1. The largest absolute Gasteiger partial charge is 0.486 e. The minimum Gasteiger partial charge on any atom is -0.486 e. The summed E-state index contributed by atoms with van der Waals surface area (Å²) in [5.74, 6) is -0.0160. The Hall–Kier alpha value is -2.63. The fourth-order valence-corrected chi connectivity index (χ4v) is 1.88. The number of halogens is 1. The van der Waals surface area contributed by atoms with Crippen LogP contribution in [0.2, 0.25) is 0 Å². The summed E-state index contributed by atoms with van der Waals surface area (Å²) in [5, 5.41) is 2.61. The Morgan fingerprint density at radius 1 is 1.20 bits per heavy atom. The van der Waals surface area contributed by atoms with Gasteiger partial charge in [-0.3, -0.25) is 9.78 Å². The van der Waals surface area contributed by atoms with Crippen molar-refractivity contribution in [3.63, 3.8) is 0 Å². The van der Waals surface area contributed by atoms with E-state index in [-0.39, 0.29) is 5.56 Å². The third-order valence-electron chi connectivity index (χ3n) is 2.82. The second-order valence-electron chi connectivity index (χ2n) is 4.17. The number of carbonyl (C=O) groups excluding carboxylic acids is 1. The van der Waals surface area contributed by atoms with Gasteiger partial charge in [0.15, 0.2) is 17.3 Å². The number of anilines is 1. The van der Waals surface area contributed by atoms with Crippen LogP contribution in [0.5, 0.6) is 11.5 Å². The van der Waals surface area contributed by atoms with E-state index >= 15 is 0 Å². The van der Waals surface area contributed by atoms with Crippen LogP contribution in [0.1, 0.15) is 10.4 Å². The molecule has 1 aromatic carbocycles. The van der Waals surface area contributed by atoms with Crippen LogP contribution in [0, 0.1) is 5.82 Å². The number of nitrogens with one attached hydrogen (secondary N) is 1. The number of fused-ring (bicyclic) bond motifs is 1. The molecule has 0 aliphatic carbocycles. The van der Waals surface area contributed by atoms with E-state index in [2.05, 4.69) is 10.3 Å². The molecular weight excluding hydrogens is 263 g/mol. The molecule has 20 heavy (non-hydrogen) atoms. The second-order valence-corrected chi connectivity index (χ2v) is 4.17. The van der Waals surface area contributed by atoms with E-state index in [4.69, 9.17) is 9.47 Å². The fraction of sp³-hybridized carbons (Fsp3) is 0.143. The fourth-order valence-electron chi connectivity index (χ4n) is 1.88. The van der Waals surface area contributed by atoms with Gasteiger partial charge in [0.2, 0.25) is 0 Å². The molecule has 0 spiro atoms. The molecule has 6 heteroatoms. The van der Waals surface area contributed by atoms with Gasteiger partial charge in [0.25, 0.3) is 5.91 Å². The van der Waals surface area contributed by atoms with Gasteiger partial charge in [-0.1, -0.05) is 0 Å². The SMILES string of the molecule is O=C(Nc1ccc2c(c1)OCCO2)c1ccncc1F. The Morgan fingerprint density at radius 2 is 2.00 bits per heavy atom. The molecule has 1 amide bonds. The van der Waals surface area contributed by atoms with Gasteiger partial charge in [-0.2, -0.15) is 0 Å². The molecule has 1 aliphatic heterocycles. The van der Waals surface area contributed by atoms with Crippen molar-refractivity contribution in [2.45, 2.75) is 0 Å². The maximum atomic E-state index is 13.4. The van der Waals surface area contributed by atoms with Crippen LogP contribution in [0.3, 0.4) is 0 Å². The monoisotopic (exact) mass is 274 g/mol. The highest BCUT2D eigenvalue weighted by atomic mass is 19.1. The molecule has 5 nitrogen and oxygen atoms in total. The third kappa shape index (κ3) is 2.40. The van der Waals surface area contributed by atoms with Crippen LogP contribution in [0.15, 0.2) is 36.7 Å². The highest BCUT2D eigenvalue weighted by Crippen LogP contribution is 2.32. The average molecular weight is 274 g/mol. The van der Waals surface area contributed by atoms with Crippen molar-refractivity contribution in [3.05, 3.63) is 48.0 Å². The summed E-state index contributed by atoms with van der Waals surface area (Å²) in [6, 6.07) is 6.34. The molecule has 2 aromatic rings. The van der Waals surface area contributed by atoms with Crippen LogP contribution in [0.4, 0.5) is 10.1 Å². The summed E-state index contributed by atoms with van der Waals surface area (Å²) in [6.07, 6.45) is 2.36. The van der Waals surface area contributed by atoms with E-state index in [0.29, 0.717) is 30.4 Å². The number of amides is 1. The topological polar surface area (TPSA) is 60.5 Å². The van der Waals surface area contributed by atoms with Crippen LogP contribution in [0.25, 0.3) is 0 Å². The van der Waals surface area contributed by atoms with Crippen molar-refractivity contribution in [2.75, 3.05) is 18.5 Å². The van der Waals surface area contributed by atoms with Crippen LogP contribution in [-0.4, -0.2) is 24.1 Å². The van der Waals surface area contributed by atoms with Crippen molar-refractivity contribution in [1.82, 2.24) is 4.98 Å². The lowest BCUT2D eigenvalue weighted by Crippen LogP contribution is -2.17. The molecule has 2 heterocycles. The summed E-state index contributed by atoms with van der Waals surface area (Å²) in [4.78, 5) is 15.6. The molecular formula is C14H11FN2O3. The number of pyridine rings is 1. The van der Waals surface area contributed by atoms with Gasteiger partial charge in [-0.05, 0) is 18.2 Å². The molecule has 0 unspecified atom stereocenters. The zero-order valence-electron chi connectivity index (χ0n) is 10.4. The Balaban J connectivity index is 1.81. The van der Waals surface area contributed by atoms with Gasteiger partial charge in [0.05, 0.1) is 11.8 Å². The van der Waals surface area contributed by atoms with Crippen molar-refractivity contribution in [2.24, 2.45) is 0 Å². The van der Waals surface area contributed by atoms with Gasteiger partial charge in [0, 0.05) is 18.0 Å². The Labute approximate surface area is 114 Å². The van der Waals surface area contributed by atoms with Crippen molar-refractivity contribution in [1.29, 1.82) is 0 Å². The molecule has 102 valence electrons. The van der Waals surface area contributed by atoms with Gasteiger partial charge in [-0.25, -0.2) is 4.39 Å². The lowest BCUT2D eigenvalue weighted by Gasteiger charge is -2.19. The molecule has 0 saturated heterocycles. The van der Waals surface area contributed by atoms with Gasteiger partial charge < -0.3 is 14.8 Å². The van der Waals surface area contributed by atoms with Crippen molar-refractivity contribution < 1.29 is 18.7 Å². The van der Waals surface area contributed by atoms with Crippen LogP contribution >= 0.6 is 0 Å². The molecule has 0 fully saturated rings. The molecule has 0 bridgehead atoms. The number of ether oxygens (including phenoxy) is 2. The minimum atomic E-state index is -0.664. The van der Waals surface area contributed by atoms with Crippen LogP contribution in [-0.2, 0) is 0 Å². The zero-order valence-corrected chi connectivity index (χ0v) is 10.4. The first-order chi connectivity index (χ1) is 9.74. The van der Waals surface area contributed by atoms with E-state index in [0.717, 1.165) is 6.20 Å². The third-order valence-corrected chi connectivity index (χ3v) is 2.82. The number of rotatable bonds is 2. The molecule has 0 radical (unpaired) electrons. The Bertz CT molecular complexity index is 661. The molecule has 1 N–H and O–H groups in total. The van der Waals surface area contributed by atoms with Gasteiger partial charge in [-0.15, -0.1) is 0 Å². The number of benzene rings is 1. The zero-order chi connectivity index (χ0) is 13.9. The normalized spacial score (nSPS) is 12.8. The average Bonchev–Trinajstić information content (AvgIpc) is 2.47. The lowest BCUT2D eigenvalue weighted by atomic mass is 10.2. The van der Waals surface area contributed by atoms with Crippen molar-refractivity contribution >= 4 is 11.6 Å². The van der Waals surface area contributed by atoms with E-state index in [9.17, 15) is 9.18 Å². The first kappa shape index (κ1) is 12.4. The van der Waals surface area contributed by atoms with E-state index in [1.165, 1.54) is 12.3 Å². The summed E-state index contributed by atoms with van der Waals surface area (Å²) >= 11 is 0. The number of nitrogens with zero attached hydrogens (tertiary/aromatic N) is 1. The molecule has 0 atom stereocenters.